The fourth-order valence-corrected chi connectivity index (χ4v) is 2.91. The molecule has 1 saturated carbocycles. The molecule has 20 heavy (non-hydrogen) atoms. The van der Waals surface area contributed by atoms with Gasteiger partial charge < -0.3 is 10.1 Å². The van der Waals surface area contributed by atoms with Crippen molar-refractivity contribution in [1.82, 2.24) is 14.7 Å². The third-order valence-corrected chi connectivity index (χ3v) is 3.91. The third-order valence-electron chi connectivity index (χ3n) is 3.91. The van der Waals surface area contributed by atoms with Gasteiger partial charge in [-0.1, -0.05) is 12.8 Å². The summed E-state index contributed by atoms with van der Waals surface area (Å²) >= 11 is 0. The van der Waals surface area contributed by atoms with Gasteiger partial charge in [0, 0.05) is 12.2 Å². The smallest absolute Gasteiger partial charge is 0.270 e. The van der Waals surface area contributed by atoms with Crippen LogP contribution in [0, 0.1) is 6.92 Å². The molecule has 0 aliphatic heterocycles. The van der Waals surface area contributed by atoms with Crippen LogP contribution < -0.4 is 10.1 Å². The largest absolute Gasteiger partial charge is 0.493 e. The molecule has 2 heterocycles. The molecule has 1 N–H and O–H groups in total. The second-order valence-corrected chi connectivity index (χ2v) is 5.27. The number of nitrogens with zero attached hydrogens (tertiary/aromatic N) is 2. The first-order valence-corrected chi connectivity index (χ1v) is 7.03. The van der Waals surface area contributed by atoms with Crippen molar-refractivity contribution in [2.24, 2.45) is 0 Å². The van der Waals surface area contributed by atoms with Crippen LogP contribution in [0.3, 0.4) is 0 Å². The van der Waals surface area contributed by atoms with Crippen LogP contribution in [0.4, 0.5) is 0 Å². The van der Waals surface area contributed by atoms with Gasteiger partial charge in [-0.15, -0.1) is 0 Å². The van der Waals surface area contributed by atoms with Crippen molar-refractivity contribution in [2.75, 3.05) is 7.11 Å². The van der Waals surface area contributed by atoms with E-state index in [1.165, 1.54) is 12.8 Å². The van der Waals surface area contributed by atoms with Gasteiger partial charge in [-0.2, -0.15) is 0 Å². The molecule has 0 unspecified atom stereocenters. The Bertz CT molecular complexity index is 642. The first-order valence-electron chi connectivity index (χ1n) is 7.03. The van der Waals surface area contributed by atoms with Crippen LogP contribution in [0.5, 0.6) is 5.75 Å². The van der Waals surface area contributed by atoms with Crippen LogP contribution in [-0.2, 0) is 0 Å². The number of hydrogen-bond acceptors (Lipinski definition) is 3. The van der Waals surface area contributed by atoms with Gasteiger partial charge >= 0.3 is 0 Å². The number of ether oxygens (including phenoxy) is 1. The number of nitrogens with one attached hydrogen (secondary N) is 1. The Hall–Kier alpha value is -2.04. The van der Waals surface area contributed by atoms with E-state index in [0.717, 1.165) is 18.5 Å². The van der Waals surface area contributed by atoms with Crippen molar-refractivity contribution in [1.29, 1.82) is 0 Å². The number of fused-ring (bicyclic) bond motifs is 1. The minimum absolute atomic E-state index is 0.0462. The number of carbonyl (C=O) groups excluding carboxylic acids is 1. The van der Waals surface area contributed by atoms with Crippen molar-refractivity contribution < 1.29 is 9.53 Å². The third kappa shape index (κ3) is 2.13. The van der Waals surface area contributed by atoms with E-state index in [-0.39, 0.29) is 5.91 Å². The molecule has 0 spiro atoms. The summed E-state index contributed by atoms with van der Waals surface area (Å²) in [4.78, 5) is 16.9. The Morgan fingerprint density at radius 3 is 2.90 bits per heavy atom. The van der Waals surface area contributed by atoms with Gasteiger partial charge in [0.25, 0.3) is 5.91 Å². The van der Waals surface area contributed by atoms with Crippen molar-refractivity contribution in [3.8, 4) is 5.75 Å². The Kier molecular flexibility index (Phi) is 3.34. The molecule has 1 aliphatic carbocycles. The Balaban J connectivity index is 1.98. The SMILES string of the molecule is COc1cccn2c(C(=O)NC3CCCC3)c(C)nc12. The second-order valence-electron chi connectivity index (χ2n) is 5.27. The normalized spacial score (nSPS) is 15.7. The molecule has 0 radical (unpaired) electrons. The van der Waals surface area contributed by atoms with E-state index in [0.29, 0.717) is 23.1 Å². The van der Waals surface area contributed by atoms with Gasteiger partial charge in [-0.3, -0.25) is 9.20 Å². The zero-order valence-electron chi connectivity index (χ0n) is 11.8. The van der Waals surface area contributed by atoms with Crippen molar-refractivity contribution in [3.05, 3.63) is 29.7 Å². The molecule has 2 aromatic rings. The van der Waals surface area contributed by atoms with Gasteiger partial charge in [0.15, 0.2) is 11.4 Å². The van der Waals surface area contributed by atoms with Gasteiger partial charge in [0.05, 0.1) is 12.8 Å². The highest BCUT2D eigenvalue weighted by molar-refractivity contribution is 5.95. The van der Waals surface area contributed by atoms with Crippen LogP contribution >= 0.6 is 0 Å². The molecule has 3 rings (SSSR count). The number of aromatic nitrogens is 2. The molecule has 5 nitrogen and oxygen atoms in total. The number of methoxy groups -OCH3 is 1. The van der Waals surface area contributed by atoms with Crippen molar-refractivity contribution in [2.45, 2.75) is 38.6 Å². The summed E-state index contributed by atoms with van der Waals surface area (Å²) in [6.07, 6.45) is 6.40. The first-order chi connectivity index (χ1) is 9.70. The summed E-state index contributed by atoms with van der Waals surface area (Å²) in [5.41, 5.74) is 2.01. The predicted molar refractivity (Wildman–Crippen MR) is 76.2 cm³/mol. The maximum atomic E-state index is 12.5. The number of pyridine rings is 1. The van der Waals surface area contributed by atoms with E-state index in [4.69, 9.17) is 4.74 Å². The lowest BCUT2D eigenvalue weighted by atomic mass is 10.2. The summed E-state index contributed by atoms with van der Waals surface area (Å²) in [5.74, 6) is 0.630. The molecule has 106 valence electrons. The highest BCUT2D eigenvalue weighted by atomic mass is 16.5. The minimum atomic E-state index is -0.0462. The van der Waals surface area contributed by atoms with Gasteiger partial charge in [-0.05, 0) is 31.9 Å². The van der Waals surface area contributed by atoms with Crippen molar-refractivity contribution >= 4 is 11.6 Å². The lowest BCUT2D eigenvalue weighted by molar-refractivity contribution is 0.0931. The summed E-state index contributed by atoms with van der Waals surface area (Å²) in [6, 6.07) is 4.01. The molecule has 0 bridgehead atoms. The van der Waals surface area contributed by atoms with Gasteiger partial charge in [-0.25, -0.2) is 4.98 Å². The van der Waals surface area contributed by atoms with Crippen LogP contribution in [0.25, 0.3) is 5.65 Å². The van der Waals surface area contributed by atoms with Crippen LogP contribution in [0.2, 0.25) is 0 Å². The number of aryl methyl sites for hydroxylation is 1. The monoisotopic (exact) mass is 273 g/mol. The Morgan fingerprint density at radius 2 is 2.20 bits per heavy atom. The zero-order chi connectivity index (χ0) is 14.1. The summed E-state index contributed by atoms with van der Waals surface area (Å²) < 4.78 is 7.10. The molecule has 2 aromatic heterocycles. The van der Waals surface area contributed by atoms with Crippen molar-refractivity contribution in [3.63, 3.8) is 0 Å². The topological polar surface area (TPSA) is 55.6 Å². The summed E-state index contributed by atoms with van der Waals surface area (Å²) in [7, 11) is 1.61. The number of imidazole rings is 1. The summed E-state index contributed by atoms with van der Waals surface area (Å²) in [5, 5.41) is 3.11. The average Bonchev–Trinajstić information content (AvgIpc) is 3.04. The molecule has 1 aliphatic rings. The molecule has 5 heteroatoms. The van der Waals surface area contributed by atoms with E-state index in [1.807, 2.05) is 25.3 Å². The van der Waals surface area contributed by atoms with Gasteiger partial charge in [0.1, 0.15) is 5.69 Å². The number of carbonyl (C=O) groups is 1. The van der Waals surface area contributed by atoms with E-state index >= 15 is 0 Å². The molecular weight excluding hydrogens is 254 g/mol. The predicted octanol–water partition coefficient (Wildman–Crippen LogP) is 2.32. The van der Waals surface area contributed by atoms with E-state index in [9.17, 15) is 4.79 Å². The molecule has 1 amide bonds. The van der Waals surface area contributed by atoms with Crippen LogP contribution in [-0.4, -0.2) is 28.4 Å². The Morgan fingerprint density at radius 1 is 1.45 bits per heavy atom. The molecule has 0 atom stereocenters. The highest BCUT2D eigenvalue weighted by Gasteiger charge is 2.22. The number of amides is 1. The highest BCUT2D eigenvalue weighted by Crippen LogP contribution is 2.23. The minimum Gasteiger partial charge on any atom is -0.493 e. The maximum Gasteiger partial charge on any atom is 0.270 e. The fraction of sp³-hybridized carbons (Fsp3) is 0.467. The standard InChI is InChI=1S/C15H19N3O2/c1-10-13(15(19)17-11-6-3-4-7-11)18-9-5-8-12(20-2)14(18)16-10/h5,8-9,11H,3-4,6-7H2,1-2H3,(H,17,19). The average molecular weight is 273 g/mol. The molecule has 1 fully saturated rings. The Labute approximate surface area is 118 Å². The lowest BCUT2D eigenvalue weighted by Gasteiger charge is -2.12. The fourth-order valence-electron chi connectivity index (χ4n) is 2.91. The van der Waals surface area contributed by atoms with Crippen LogP contribution in [0.1, 0.15) is 41.9 Å². The number of rotatable bonds is 3. The molecule has 0 saturated heterocycles. The van der Waals surface area contributed by atoms with E-state index in [2.05, 4.69) is 10.3 Å². The van der Waals surface area contributed by atoms with E-state index in [1.54, 1.807) is 11.5 Å². The zero-order valence-corrected chi connectivity index (χ0v) is 11.8. The van der Waals surface area contributed by atoms with Gasteiger partial charge in [0.2, 0.25) is 0 Å². The maximum absolute atomic E-state index is 12.5. The summed E-state index contributed by atoms with van der Waals surface area (Å²) in [6.45, 7) is 1.86. The first kappa shape index (κ1) is 13.0. The van der Waals surface area contributed by atoms with Crippen LogP contribution in [0.15, 0.2) is 18.3 Å². The molecule has 0 aromatic carbocycles. The second kappa shape index (κ2) is 5.15. The number of hydrogen-bond donors (Lipinski definition) is 1. The van der Waals surface area contributed by atoms with E-state index < -0.39 is 0 Å². The molecular formula is C15H19N3O2. The lowest BCUT2D eigenvalue weighted by Crippen LogP contribution is -2.33. The quantitative estimate of drug-likeness (QED) is 0.933.